The fourth-order valence-electron chi connectivity index (χ4n) is 7.63. The van der Waals surface area contributed by atoms with Gasteiger partial charge in [-0.25, -0.2) is 9.55 Å². The van der Waals surface area contributed by atoms with Crippen LogP contribution in [-0.2, 0) is 4.57 Å². The van der Waals surface area contributed by atoms with E-state index in [-0.39, 0.29) is 0 Å². The summed E-state index contributed by atoms with van der Waals surface area (Å²) in [4.78, 5) is 5.19. The second kappa shape index (κ2) is 11.6. The molecule has 240 valence electrons. The monoisotopic (exact) mass is 672 g/mol. The molecule has 0 saturated carbocycles. The molecule has 0 N–H and O–H groups in total. The number of rotatable bonds is 5. The van der Waals surface area contributed by atoms with E-state index in [9.17, 15) is 4.57 Å². The van der Waals surface area contributed by atoms with Crippen molar-refractivity contribution in [3.63, 3.8) is 0 Å². The molecular formula is C46H31N3OP+. The molecule has 0 amide bonds. The van der Waals surface area contributed by atoms with Gasteiger partial charge >= 0.3 is 7.29 Å². The number of benzene rings is 7. The number of imidazole rings is 1. The Kier molecular flexibility index (Phi) is 6.74. The molecule has 0 radical (unpaired) electrons. The molecule has 10 aromatic rings. The molecule has 10 rings (SSSR count). The lowest BCUT2D eigenvalue weighted by molar-refractivity contribution is -0.515. The van der Waals surface area contributed by atoms with Crippen LogP contribution in [-0.4, -0.2) is 9.38 Å². The molecule has 3 aromatic heterocycles. The zero-order chi connectivity index (χ0) is 33.9. The number of pyridine rings is 2. The van der Waals surface area contributed by atoms with Gasteiger partial charge in [-0.15, -0.1) is 0 Å². The van der Waals surface area contributed by atoms with Gasteiger partial charge in [0.2, 0.25) is 0 Å². The van der Waals surface area contributed by atoms with Crippen LogP contribution < -0.4 is 14.9 Å². The van der Waals surface area contributed by atoms with Crippen molar-refractivity contribution in [3.8, 4) is 22.3 Å². The first kappa shape index (κ1) is 29.6. The molecule has 7 aromatic carbocycles. The topological polar surface area (TPSA) is 38.3 Å². The first-order valence-electron chi connectivity index (χ1n) is 17.2. The number of hydrogen-bond acceptors (Lipinski definition) is 2. The molecule has 0 spiro atoms. The standard InChI is InChI=1S/C46H31N3OP/c50-51(37-12-3-1-4-13-37,48-29-9-2-10-30-48)38-25-21-33(22-26-38)32-17-19-34(20-18-32)36-24-27-40-41-28-23-35-11-5-6-14-39(35)45(41)46-47-42-15-7-8-16-43(42)49(46)44(40)31-36/h1-31H/q+1. The second-order valence-corrected chi connectivity index (χ2v) is 15.6. The third-order valence-corrected chi connectivity index (χ3v) is 13.1. The lowest BCUT2D eigenvalue weighted by Gasteiger charge is -2.14. The molecule has 4 nitrogen and oxygen atoms in total. The van der Waals surface area contributed by atoms with Crippen LogP contribution in [0.25, 0.3) is 71.4 Å². The summed E-state index contributed by atoms with van der Waals surface area (Å²) in [6.45, 7) is 0. The molecule has 1 unspecified atom stereocenters. The Morgan fingerprint density at radius 2 is 1.06 bits per heavy atom. The molecule has 0 bridgehead atoms. The van der Waals surface area contributed by atoms with Crippen LogP contribution >= 0.6 is 7.29 Å². The van der Waals surface area contributed by atoms with E-state index in [0.717, 1.165) is 55.1 Å². The van der Waals surface area contributed by atoms with Gasteiger partial charge < -0.3 is 0 Å². The molecule has 0 aliphatic carbocycles. The summed E-state index contributed by atoms with van der Waals surface area (Å²) in [6.07, 6.45) is 3.77. The fraction of sp³-hybridized carbons (Fsp3) is 0. The molecule has 0 aliphatic rings. The van der Waals surface area contributed by atoms with Gasteiger partial charge in [-0.3, -0.25) is 4.40 Å². The Hall–Kier alpha value is -6.35. The number of para-hydroxylation sites is 2. The van der Waals surface area contributed by atoms with Gasteiger partial charge in [0, 0.05) is 22.9 Å². The van der Waals surface area contributed by atoms with Gasteiger partial charge in [0.15, 0.2) is 12.4 Å². The highest BCUT2D eigenvalue weighted by atomic mass is 31.2. The molecule has 3 heterocycles. The Balaban J connectivity index is 1.06. The first-order chi connectivity index (χ1) is 25.2. The van der Waals surface area contributed by atoms with Crippen molar-refractivity contribution >= 4 is 67.0 Å². The van der Waals surface area contributed by atoms with Crippen molar-refractivity contribution in [2.75, 3.05) is 0 Å². The highest BCUT2D eigenvalue weighted by Crippen LogP contribution is 2.40. The van der Waals surface area contributed by atoms with E-state index in [0.29, 0.717) is 0 Å². The molecular weight excluding hydrogens is 642 g/mol. The molecule has 1 atom stereocenters. The van der Waals surface area contributed by atoms with Crippen LogP contribution in [0.15, 0.2) is 188 Å². The maximum absolute atomic E-state index is 14.8. The average Bonchev–Trinajstić information content (AvgIpc) is 3.61. The van der Waals surface area contributed by atoms with Gasteiger partial charge in [-0.1, -0.05) is 121 Å². The maximum atomic E-state index is 14.8. The zero-order valence-electron chi connectivity index (χ0n) is 27.6. The fourth-order valence-corrected chi connectivity index (χ4v) is 10.1. The summed E-state index contributed by atoms with van der Waals surface area (Å²) in [5.74, 6) is 0. The Morgan fingerprint density at radius 3 is 1.84 bits per heavy atom. The Morgan fingerprint density at radius 1 is 0.471 bits per heavy atom. The van der Waals surface area contributed by atoms with Crippen molar-refractivity contribution in [3.05, 3.63) is 188 Å². The van der Waals surface area contributed by atoms with E-state index in [1.165, 1.54) is 26.9 Å². The summed E-state index contributed by atoms with van der Waals surface area (Å²) in [5, 5.41) is 7.61. The molecule has 0 fully saturated rings. The molecule has 0 aliphatic heterocycles. The van der Waals surface area contributed by atoms with Crippen molar-refractivity contribution in [1.82, 2.24) is 9.38 Å². The minimum atomic E-state index is -3.10. The van der Waals surface area contributed by atoms with Gasteiger partial charge in [0.05, 0.1) is 27.2 Å². The predicted octanol–water partition coefficient (Wildman–Crippen LogP) is 10.3. The predicted molar refractivity (Wildman–Crippen MR) is 211 cm³/mol. The normalized spacial score (nSPS) is 12.9. The van der Waals surface area contributed by atoms with Crippen molar-refractivity contribution < 1.29 is 8.90 Å². The molecule has 5 heteroatoms. The second-order valence-electron chi connectivity index (χ2n) is 13.0. The lowest BCUT2D eigenvalue weighted by atomic mass is 9.96. The zero-order valence-corrected chi connectivity index (χ0v) is 28.5. The third kappa shape index (κ3) is 4.65. The van der Waals surface area contributed by atoms with Gasteiger partial charge in [-0.05, 0) is 80.9 Å². The van der Waals surface area contributed by atoms with Gasteiger partial charge in [0.25, 0.3) is 0 Å². The highest BCUT2D eigenvalue weighted by molar-refractivity contribution is 7.72. The minimum Gasteiger partial charge on any atom is -0.292 e. The van der Waals surface area contributed by atoms with E-state index >= 15 is 0 Å². The van der Waals surface area contributed by atoms with Crippen molar-refractivity contribution in [2.45, 2.75) is 0 Å². The van der Waals surface area contributed by atoms with Crippen LogP contribution in [0, 0.1) is 0 Å². The summed E-state index contributed by atoms with van der Waals surface area (Å²) in [7, 11) is -3.10. The quantitative estimate of drug-likeness (QED) is 0.135. The van der Waals surface area contributed by atoms with Crippen molar-refractivity contribution in [1.29, 1.82) is 0 Å². The molecule has 0 saturated heterocycles. The SMILES string of the molecule is O=P(c1ccccc1)(c1ccc(-c2ccc(-c3ccc4c5ccc6ccccc6c5c5nc6ccccc6n5c4c3)cc2)cc1)[n+]1ccccc1. The number of aromatic nitrogens is 3. The molecule has 51 heavy (non-hydrogen) atoms. The summed E-state index contributed by atoms with van der Waals surface area (Å²) >= 11 is 0. The van der Waals surface area contributed by atoms with E-state index in [2.05, 4.69) is 120 Å². The van der Waals surface area contributed by atoms with Crippen LogP contribution in [0.3, 0.4) is 0 Å². The van der Waals surface area contributed by atoms with Crippen LogP contribution in [0.2, 0.25) is 0 Å². The minimum absolute atomic E-state index is 0.792. The van der Waals surface area contributed by atoms with E-state index in [1.807, 2.05) is 77.4 Å². The van der Waals surface area contributed by atoms with Crippen LogP contribution in [0.1, 0.15) is 0 Å². The van der Waals surface area contributed by atoms with E-state index < -0.39 is 7.29 Å². The lowest BCUT2D eigenvalue weighted by Crippen LogP contribution is -2.40. The summed E-state index contributed by atoms with van der Waals surface area (Å²) in [6, 6.07) is 60.7. The van der Waals surface area contributed by atoms with Crippen LogP contribution in [0.4, 0.5) is 0 Å². The largest absolute Gasteiger partial charge is 0.380 e. The Labute approximate surface area is 294 Å². The maximum Gasteiger partial charge on any atom is 0.380 e. The van der Waals surface area contributed by atoms with E-state index in [1.54, 1.807) is 0 Å². The third-order valence-electron chi connectivity index (χ3n) is 10.1. The summed E-state index contributed by atoms with van der Waals surface area (Å²) < 4.78 is 19.0. The smallest absolute Gasteiger partial charge is 0.292 e. The average molecular weight is 673 g/mol. The first-order valence-corrected chi connectivity index (χ1v) is 18.8. The number of hydrogen-bond donors (Lipinski definition) is 0. The Bertz CT molecular complexity index is 2930. The number of fused-ring (bicyclic) bond motifs is 10. The number of nitrogens with zero attached hydrogens (tertiary/aromatic N) is 3. The van der Waals surface area contributed by atoms with E-state index in [4.69, 9.17) is 4.98 Å². The van der Waals surface area contributed by atoms with Crippen LogP contribution in [0.5, 0.6) is 0 Å². The van der Waals surface area contributed by atoms with Gasteiger partial charge in [0.1, 0.15) is 5.65 Å². The highest BCUT2D eigenvalue weighted by Gasteiger charge is 2.37. The van der Waals surface area contributed by atoms with Gasteiger partial charge in [-0.2, -0.15) is 4.34 Å². The summed E-state index contributed by atoms with van der Waals surface area (Å²) in [5.41, 5.74) is 8.68. The van der Waals surface area contributed by atoms with Crippen molar-refractivity contribution in [2.24, 2.45) is 0 Å².